The summed E-state index contributed by atoms with van der Waals surface area (Å²) in [6, 6.07) is 7.37. The molecule has 0 N–H and O–H groups in total. The predicted molar refractivity (Wildman–Crippen MR) is 80.4 cm³/mol. The Morgan fingerprint density at radius 1 is 0.963 bits per heavy atom. The average molecular weight is 380 g/mol. The second-order valence-corrected chi connectivity index (χ2v) is 6.50. The lowest BCUT2D eigenvalue weighted by atomic mass is 10.1. The summed E-state index contributed by atoms with van der Waals surface area (Å²) in [4.78, 5) is 0. The Morgan fingerprint density at radius 3 is 2.37 bits per heavy atom. The van der Waals surface area contributed by atoms with Gasteiger partial charge in [-0.25, -0.2) is 17.7 Å². The van der Waals surface area contributed by atoms with Crippen molar-refractivity contribution in [3.05, 3.63) is 76.6 Å². The molecule has 1 aliphatic carbocycles. The Bertz CT molecular complexity index is 1070. The zero-order chi connectivity index (χ0) is 18.9. The molecule has 0 spiro atoms. The van der Waals surface area contributed by atoms with E-state index in [9.17, 15) is 22.0 Å². The number of halogens is 5. The van der Waals surface area contributed by atoms with E-state index in [4.69, 9.17) is 4.74 Å². The average Bonchev–Trinajstić information content (AvgIpc) is 3.25. The molecule has 0 fully saturated rings. The lowest BCUT2D eigenvalue weighted by molar-refractivity contribution is -0.661. The van der Waals surface area contributed by atoms with Gasteiger partial charge in [0.15, 0.2) is 6.04 Å². The van der Waals surface area contributed by atoms with E-state index in [2.05, 4.69) is 5.10 Å². The molecular formula is C18H11F5N3O+. The van der Waals surface area contributed by atoms with Crippen molar-refractivity contribution >= 4 is 0 Å². The van der Waals surface area contributed by atoms with Crippen LogP contribution in [0.25, 0.3) is 5.69 Å². The van der Waals surface area contributed by atoms with Crippen LogP contribution >= 0.6 is 0 Å². The van der Waals surface area contributed by atoms with Gasteiger partial charge in [-0.3, -0.25) is 0 Å². The molecule has 4 nitrogen and oxygen atoms in total. The summed E-state index contributed by atoms with van der Waals surface area (Å²) in [6.07, 6.45) is 1.73. The third-order valence-corrected chi connectivity index (χ3v) is 5.04. The Morgan fingerprint density at radius 2 is 1.63 bits per heavy atom. The van der Waals surface area contributed by atoms with E-state index < -0.39 is 34.8 Å². The Hall–Kier alpha value is -2.81. The number of rotatable bonds is 1. The lowest BCUT2D eigenvalue weighted by Gasteiger charge is -2.22. The quantitative estimate of drug-likeness (QED) is 0.281. The number of hydrogen-bond donors (Lipinski definition) is 0. The molecular weight excluding hydrogens is 369 g/mol. The molecule has 2 aliphatic rings. The molecule has 0 saturated heterocycles. The first kappa shape index (κ1) is 16.4. The van der Waals surface area contributed by atoms with Gasteiger partial charge in [-0.15, -0.1) is 0 Å². The fourth-order valence-corrected chi connectivity index (χ4v) is 3.82. The van der Waals surface area contributed by atoms with E-state index in [0.29, 0.717) is 16.9 Å². The molecule has 0 radical (unpaired) electrons. The van der Waals surface area contributed by atoms with Gasteiger partial charge in [-0.2, -0.15) is 8.78 Å². The van der Waals surface area contributed by atoms with Crippen LogP contribution < -0.4 is 4.68 Å². The van der Waals surface area contributed by atoms with Crippen LogP contribution in [-0.2, 0) is 17.8 Å². The largest absolute Gasteiger partial charge is 0.363 e. The van der Waals surface area contributed by atoms with Gasteiger partial charge in [0.1, 0.15) is 12.7 Å². The van der Waals surface area contributed by atoms with Crippen molar-refractivity contribution in [3.63, 3.8) is 0 Å². The van der Waals surface area contributed by atoms with Crippen molar-refractivity contribution in [2.75, 3.05) is 0 Å². The molecule has 2 unspecified atom stereocenters. The second kappa shape index (κ2) is 5.59. The minimum Gasteiger partial charge on any atom is -0.363 e. The van der Waals surface area contributed by atoms with Crippen molar-refractivity contribution < 1.29 is 31.4 Å². The monoisotopic (exact) mass is 380 g/mol. The van der Waals surface area contributed by atoms with Gasteiger partial charge in [0.25, 0.3) is 12.2 Å². The lowest BCUT2D eigenvalue weighted by Crippen LogP contribution is -2.36. The van der Waals surface area contributed by atoms with Crippen LogP contribution in [0, 0.1) is 29.1 Å². The molecule has 0 amide bonds. The molecule has 1 aliphatic heterocycles. The Labute approximate surface area is 149 Å². The second-order valence-electron chi connectivity index (χ2n) is 6.50. The number of fused-ring (bicyclic) bond motifs is 5. The summed E-state index contributed by atoms with van der Waals surface area (Å²) in [5.41, 5.74) is 0.943. The standard InChI is InChI=1S/C18H11F5N3O/c19-12-13(20)15(22)18(16(23)14(12)21)26-7-25-11(24-26)6-27-10-5-8-3-1-2-4-9(8)17(10)25/h1-4,7,10,17H,5-6H2/q+1. The maximum Gasteiger partial charge on any atom is 0.272 e. The molecule has 27 heavy (non-hydrogen) atoms. The summed E-state index contributed by atoms with van der Waals surface area (Å²) in [6.45, 7) is 0.0670. The SMILES string of the molecule is Fc1c(F)c(F)c(-[n+]2cn3c(n2)COC2Cc4ccccc4C23)c(F)c1F. The van der Waals surface area contributed by atoms with E-state index in [1.165, 1.54) is 6.33 Å². The number of hydrogen-bond acceptors (Lipinski definition) is 2. The van der Waals surface area contributed by atoms with Crippen molar-refractivity contribution in [2.24, 2.45) is 0 Å². The summed E-state index contributed by atoms with van der Waals surface area (Å²) < 4.78 is 76.8. The van der Waals surface area contributed by atoms with Crippen LogP contribution in [0.5, 0.6) is 0 Å². The minimum absolute atomic E-state index is 0.0670. The van der Waals surface area contributed by atoms with E-state index in [1.54, 1.807) is 4.57 Å². The van der Waals surface area contributed by atoms with Crippen LogP contribution in [0.2, 0.25) is 0 Å². The molecule has 0 bridgehead atoms. The van der Waals surface area contributed by atoms with Crippen LogP contribution in [-0.4, -0.2) is 15.8 Å². The van der Waals surface area contributed by atoms with E-state index in [-0.39, 0.29) is 18.8 Å². The first-order valence-corrected chi connectivity index (χ1v) is 8.18. The normalized spacial score (nSPS) is 20.3. The molecule has 5 rings (SSSR count). The van der Waals surface area contributed by atoms with Gasteiger partial charge in [-0.1, -0.05) is 28.9 Å². The van der Waals surface area contributed by atoms with Crippen molar-refractivity contribution in [1.82, 2.24) is 9.67 Å². The number of nitrogens with zero attached hydrogens (tertiary/aromatic N) is 3. The maximum atomic E-state index is 14.1. The van der Waals surface area contributed by atoms with Crippen LogP contribution in [0.4, 0.5) is 22.0 Å². The highest BCUT2D eigenvalue weighted by atomic mass is 19.2. The van der Waals surface area contributed by atoms with Gasteiger partial charge in [-0.05, 0) is 10.7 Å². The highest BCUT2D eigenvalue weighted by Gasteiger charge is 2.44. The van der Waals surface area contributed by atoms with Gasteiger partial charge < -0.3 is 4.74 Å². The van der Waals surface area contributed by atoms with Gasteiger partial charge in [0.05, 0.1) is 0 Å². The van der Waals surface area contributed by atoms with E-state index >= 15 is 0 Å². The molecule has 1 aromatic heterocycles. The van der Waals surface area contributed by atoms with Crippen molar-refractivity contribution in [1.29, 1.82) is 0 Å². The van der Waals surface area contributed by atoms with Crippen LogP contribution in [0.1, 0.15) is 23.0 Å². The van der Waals surface area contributed by atoms with Crippen molar-refractivity contribution in [2.45, 2.75) is 25.2 Å². The molecule has 138 valence electrons. The number of ether oxygens (including phenoxy) is 1. The molecule has 9 heteroatoms. The van der Waals surface area contributed by atoms with Gasteiger partial charge in [0, 0.05) is 12.0 Å². The first-order valence-electron chi connectivity index (χ1n) is 8.18. The van der Waals surface area contributed by atoms with Crippen LogP contribution in [0.3, 0.4) is 0 Å². The number of benzene rings is 2. The summed E-state index contributed by atoms with van der Waals surface area (Å²) >= 11 is 0. The van der Waals surface area contributed by atoms with E-state index in [1.807, 2.05) is 24.3 Å². The van der Waals surface area contributed by atoms with Gasteiger partial charge >= 0.3 is 0 Å². The topological polar surface area (TPSA) is 30.9 Å². The van der Waals surface area contributed by atoms with Gasteiger partial charge in [0.2, 0.25) is 34.8 Å². The zero-order valence-electron chi connectivity index (χ0n) is 13.6. The molecule has 2 atom stereocenters. The highest BCUT2D eigenvalue weighted by molar-refractivity contribution is 5.38. The van der Waals surface area contributed by atoms with Crippen LogP contribution in [0.15, 0.2) is 30.6 Å². The number of aromatic nitrogens is 3. The summed E-state index contributed by atoms with van der Waals surface area (Å²) in [5, 5.41) is 4.01. The third-order valence-electron chi connectivity index (χ3n) is 5.04. The maximum absolute atomic E-state index is 14.1. The Balaban J connectivity index is 1.68. The molecule has 3 aromatic rings. The third kappa shape index (κ3) is 2.18. The summed E-state index contributed by atoms with van der Waals surface area (Å²) in [5.74, 6) is -9.76. The summed E-state index contributed by atoms with van der Waals surface area (Å²) in [7, 11) is 0. The molecule has 0 saturated carbocycles. The molecule has 2 aromatic carbocycles. The highest BCUT2D eigenvalue weighted by Crippen LogP contribution is 2.39. The smallest absolute Gasteiger partial charge is 0.272 e. The van der Waals surface area contributed by atoms with Crippen molar-refractivity contribution in [3.8, 4) is 5.69 Å². The molecule has 2 heterocycles. The Kier molecular flexibility index (Phi) is 3.39. The predicted octanol–water partition coefficient (Wildman–Crippen LogP) is 2.90. The van der Waals surface area contributed by atoms with E-state index in [0.717, 1.165) is 11.1 Å². The zero-order valence-corrected chi connectivity index (χ0v) is 13.6. The fraction of sp³-hybridized carbons (Fsp3) is 0.222. The fourth-order valence-electron chi connectivity index (χ4n) is 3.82. The minimum atomic E-state index is -2.20. The first-order chi connectivity index (χ1) is 13.0.